The van der Waals surface area contributed by atoms with Crippen LogP contribution in [0.25, 0.3) is 11.1 Å². The van der Waals surface area contributed by atoms with Crippen molar-refractivity contribution >= 4 is 0 Å². The Morgan fingerprint density at radius 2 is 1.70 bits per heavy atom. The van der Waals surface area contributed by atoms with Crippen LogP contribution in [0.3, 0.4) is 0 Å². The minimum absolute atomic E-state index is 0.0236. The Morgan fingerprint density at radius 1 is 1.05 bits per heavy atom. The average molecular weight is 280 g/mol. The molecule has 0 spiro atoms. The minimum Gasteiger partial charge on any atom is -0.223 e. The second kappa shape index (κ2) is 5.29. The molecule has 0 atom stereocenters. The SMILES string of the molecule is N#CCc1ccc(-c2ccc(C(F)(F)F)cc2)c(F)n1. The molecule has 6 heteroatoms. The van der Waals surface area contributed by atoms with Gasteiger partial charge in [-0.2, -0.15) is 22.8 Å². The quantitative estimate of drug-likeness (QED) is 0.616. The van der Waals surface area contributed by atoms with Crippen molar-refractivity contribution in [2.45, 2.75) is 12.6 Å². The van der Waals surface area contributed by atoms with Gasteiger partial charge in [-0.15, -0.1) is 0 Å². The first-order valence-electron chi connectivity index (χ1n) is 5.62. The molecule has 0 bridgehead atoms. The van der Waals surface area contributed by atoms with Gasteiger partial charge in [-0.05, 0) is 29.8 Å². The molecule has 0 unspecified atom stereocenters. The Kier molecular flexibility index (Phi) is 3.70. The Morgan fingerprint density at radius 3 is 2.20 bits per heavy atom. The van der Waals surface area contributed by atoms with E-state index in [0.29, 0.717) is 5.56 Å². The summed E-state index contributed by atoms with van der Waals surface area (Å²) in [5.41, 5.74) is -0.122. The average Bonchev–Trinajstić information content (AvgIpc) is 2.38. The van der Waals surface area contributed by atoms with Crippen LogP contribution in [-0.2, 0) is 12.6 Å². The summed E-state index contributed by atoms with van der Waals surface area (Å²) in [6, 6.07) is 8.86. The molecule has 0 aliphatic heterocycles. The van der Waals surface area contributed by atoms with Crippen molar-refractivity contribution in [1.82, 2.24) is 4.98 Å². The van der Waals surface area contributed by atoms with Crippen molar-refractivity contribution in [1.29, 1.82) is 5.26 Å². The van der Waals surface area contributed by atoms with Gasteiger partial charge in [0.05, 0.1) is 23.7 Å². The number of hydrogen-bond donors (Lipinski definition) is 0. The van der Waals surface area contributed by atoms with Gasteiger partial charge in [-0.1, -0.05) is 12.1 Å². The Hall–Kier alpha value is -2.42. The lowest BCUT2D eigenvalue weighted by Gasteiger charge is -2.08. The smallest absolute Gasteiger partial charge is 0.223 e. The molecule has 20 heavy (non-hydrogen) atoms. The topological polar surface area (TPSA) is 36.7 Å². The van der Waals surface area contributed by atoms with Gasteiger partial charge in [0.25, 0.3) is 0 Å². The molecule has 0 fully saturated rings. The minimum atomic E-state index is -4.42. The monoisotopic (exact) mass is 280 g/mol. The van der Waals surface area contributed by atoms with E-state index in [0.717, 1.165) is 12.1 Å². The Balaban J connectivity index is 2.35. The van der Waals surface area contributed by atoms with Gasteiger partial charge < -0.3 is 0 Å². The lowest BCUT2D eigenvalue weighted by molar-refractivity contribution is -0.137. The van der Waals surface area contributed by atoms with Gasteiger partial charge in [0.1, 0.15) is 0 Å². The summed E-state index contributed by atoms with van der Waals surface area (Å²) < 4.78 is 51.0. The second-order valence-electron chi connectivity index (χ2n) is 4.05. The van der Waals surface area contributed by atoms with E-state index in [1.807, 2.05) is 6.07 Å². The molecule has 2 rings (SSSR count). The molecule has 2 nitrogen and oxygen atoms in total. The van der Waals surface area contributed by atoms with Crippen molar-refractivity contribution in [3.63, 3.8) is 0 Å². The highest BCUT2D eigenvalue weighted by Crippen LogP contribution is 2.31. The summed E-state index contributed by atoms with van der Waals surface area (Å²) in [4.78, 5) is 3.60. The molecule has 0 aliphatic rings. The van der Waals surface area contributed by atoms with Gasteiger partial charge in [0.2, 0.25) is 5.95 Å². The van der Waals surface area contributed by atoms with Crippen molar-refractivity contribution < 1.29 is 17.6 Å². The zero-order valence-corrected chi connectivity index (χ0v) is 10.1. The molecule has 0 N–H and O–H groups in total. The predicted molar refractivity (Wildman–Crippen MR) is 64.0 cm³/mol. The normalized spacial score (nSPS) is 11.2. The summed E-state index contributed by atoms with van der Waals surface area (Å²) in [7, 11) is 0. The summed E-state index contributed by atoms with van der Waals surface area (Å²) in [5.74, 6) is -0.808. The Labute approximate surface area is 112 Å². The van der Waals surface area contributed by atoms with Crippen molar-refractivity contribution in [3.8, 4) is 17.2 Å². The number of alkyl halides is 3. The first-order chi connectivity index (χ1) is 9.41. The number of aromatic nitrogens is 1. The molecule has 2 aromatic rings. The van der Waals surface area contributed by atoms with Crippen LogP contribution in [0.1, 0.15) is 11.3 Å². The molecule has 102 valence electrons. The van der Waals surface area contributed by atoms with E-state index >= 15 is 0 Å². The van der Waals surface area contributed by atoms with Crippen LogP contribution >= 0.6 is 0 Å². The maximum absolute atomic E-state index is 13.8. The lowest BCUT2D eigenvalue weighted by atomic mass is 10.0. The van der Waals surface area contributed by atoms with Crippen LogP contribution < -0.4 is 0 Å². The van der Waals surface area contributed by atoms with Gasteiger partial charge in [-0.25, -0.2) is 4.98 Å². The fourth-order valence-corrected chi connectivity index (χ4v) is 1.71. The fourth-order valence-electron chi connectivity index (χ4n) is 1.71. The highest BCUT2D eigenvalue weighted by molar-refractivity contribution is 5.63. The molecule has 0 saturated heterocycles. The number of pyridine rings is 1. The standard InChI is InChI=1S/C14H8F4N2/c15-13-12(6-5-11(20-13)7-8-19)9-1-3-10(4-2-9)14(16,17)18/h1-6H,7H2. The summed E-state index contributed by atoms with van der Waals surface area (Å²) in [6.07, 6.45) is -4.45. The van der Waals surface area contributed by atoms with E-state index in [1.54, 1.807) is 0 Å². The molecule has 0 radical (unpaired) electrons. The number of nitrogens with zero attached hydrogens (tertiary/aromatic N) is 2. The van der Waals surface area contributed by atoms with E-state index in [-0.39, 0.29) is 17.7 Å². The van der Waals surface area contributed by atoms with Gasteiger partial charge in [0.15, 0.2) is 0 Å². The van der Waals surface area contributed by atoms with E-state index in [4.69, 9.17) is 5.26 Å². The van der Waals surface area contributed by atoms with Crippen LogP contribution in [0.5, 0.6) is 0 Å². The first-order valence-corrected chi connectivity index (χ1v) is 5.62. The maximum Gasteiger partial charge on any atom is 0.416 e. The molecule has 1 aromatic carbocycles. The van der Waals surface area contributed by atoms with Crippen LogP contribution in [-0.4, -0.2) is 4.98 Å². The molecule has 0 aliphatic carbocycles. The van der Waals surface area contributed by atoms with Crippen LogP contribution in [0.2, 0.25) is 0 Å². The second-order valence-corrected chi connectivity index (χ2v) is 4.05. The highest BCUT2D eigenvalue weighted by Gasteiger charge is 2.30. The van der Waals surface area contributed by atoms with E-state index in [9.17, 15) is 17.6 Å². The number of nitriles is 1. The zero-order chi connectivity index (χ0) is 14.8. The number of rotatable bonds is 2. The van der Waals surface area contributed by atoms with Crippen LogP contribution in [0, 0.1) is 17.3 Å². The maximum atomic E-state index is 13.8. The van der Waals surface area contributed by atoms with E-state index in [2.05, 4.69) is 4.98 Å². The molecule has 1 aromatic heterocycles. The largest absolute Gasteiger partial charge is 0.416 e. The third-order valence-electron chi connectivity index (χ3n) is 2.69. The van der Waals surface area contributed by atoms with E-state index in [1.165, 1.54) is 24.3 Å². The summed E-state index contributed by atoms with van der Waals surface area (Å²) in [5, 5.41) is 8.48. The first kappa shape index (κ1) is 14.0. The van der Waals surface area contributed by atoms with Crippen LogP contribution in [0.15, 0.2) is 36.4 Å². The summed E-state index contributed by atoms with van der Waals surface area (Å²) in [6.45, 7) is 0. The van der Waals surface area contributed by atoms with Crippen LogP contribution in [0.4, 0.5) is 17.6 Å². The lowest BCUT2D eigenvalue weighted by Crippen LogP contribution is -2.04. The van der Waals surface area contributed by atoms with Crippen molar-refractivity contribution in [2.24, 2.45) is 0 Å². The Bertz CT molecular complexity index is 654. The van der Waals surface area contributed by atoms with Gasteiger partial charge in [0, 0.05) is 5.56 Å². The zero-order valence-electron chi connectivity index (χ0n) is 10.1. The molecule has 0 amide bonds. The predicted octanol–water partition coefficient (Wildman–Crippen LogP) is 3.97. The molecular formula is C14H8F4N2. The fraction of sp³-hybridized carbons (Fsp3) is 0.143. The highest BCUT2D eigenvalue weighted by atomic mass is 19.4. The number of hydrogen-bond acceptors (Lipinski definition) is 2. The summed E-state index contributed by atoms with van der Waals surface area (Å²) >= 11 is 0. The van der Waals surface area contributed by atoms with E-state index < -0.39 is 17.7 Å². The molecule has 1 heterocycles. The third-order valence-corrected chi connectivity index (χ3v) is 2.69. The number of halogens is 4. The number of benzene rings is 1. The molecule has 0 saturated carbocycles. The third kappa shape index (κ3) is 2.94. The van der Waals surface area contributed by atoms with Gasteiger partial charge >= 0.3 is 6.18 Å². The van der Waals surface area contributed by atoms with Crippen molar-refractivity contribution in [2.75, 3.05) is 0 Å². The van der Waals surface area contributed by atoms with Crippen molar-refractivity contribution in [3.05, 3.63) is 53.6 Å². The van der Waals surface area contributed by atoms with Gasteiger partial charge in [-0.3, -0.25) is 0 Å². The molecular weight excluding hydrogens is 272 g/mol.